The molecule has 0 unspecified atom stereocenters. The van der Waals surface area contributed by atoms with E-state index < -0.39 is 5.41 Å². The maximum absolute atomic E-state index is 11.7. The summed E-state index contributed by atoms with van der Waals surface area (Å²) in [5, 5.41) is 3.97. The van der Waals surface area contributed by atoms with Crippen molar-refractivity contribution in [1.82, 2.24) is 5.32 Å². The monoisotopic (exact) mass is 313 g/mol. The second kappa shape index (κ2) is 7.66. The fourth-order valence-electron chi connectivity index (χ4n) is 1.75. The lowest BCUT2D eigenvalue weighted by Gasteiger charge is -2.23. The molecule has 0 bridgehead atoms. The summed E-state index contributed by atoms with van der Waals surface area (Å²) in [5.74, 6) is 0.388. The zero-order valence-corrected chi connectivity index (χ0v) is 14.1. The Balaban J connectivity index is 2.83. The first-order valence-corrected chi connectivity index (χ1v) is 7.37. The Kier molecular flexibility index (Phi) is 6.49. The molecule has 1 aromatic carbocycles. The normalized spacial score (nSPS) is 11.6. The van der Waals surface area contributed by atoms with Crippen LogP contribution in [0.15, 0.2) is 18.2 Å². The molecule has 4 nitrogen and oxygen atoms in total. The van der Waals surface area contributed by atoms with Crippen LogP contribution in [0.25, 0.3) is 0 Å². The van der Waals surface area contributed by atoms with Crippen LogP contribution in [0.2, 0.25) is 5.02 Å². The SMILES string of the molecule is COC(=O)C(C)(C)COc1cccc(Cl)c1CNC(C)C. The van der Waals surface area contributed by atoms with Gasteiger partial charge in [-0.15, -0.1) is 0 Å². The molecule has 118 valence electrons. The van der Waals surface area contributed by atoms with Crippen LogP contribution in [0.5, 0.6) is 5.75 Å². The van der Waals surface area contributed by atoms with E-state index in [-0.39, 0.29) is 12.6 Å². The molecule has 1 N–H and O–H groups in total. The fourth-order valence-corrected chi connectivity index (χ4v) is 1.98. The van der Waals surface area contributed by atoms with Crippen LogP contribution >= 0.6 is 11.6 Å². The minimum atomic E-state index is -0.709. The van der Waals surface area contributed by atoms with Gasteiger partial charge >= 0.3 is 5.97 Å². The Morgan fingerprint density at radius 3 is 2.62 bits per heavy atom. The quantitative estimate of drug-likeness (QED) is 0.784. The summed E-state index contributed by atoms with van der Waals surface area (Å²) in [7, 11) is 1.38. The molecule has 0 spiro atoms. The standard InChI is InChI=1S/C16H24ClNO3/c1-11(2)18-9-12-13(17)7-6-8-14(12)21-10-16(3,4)15(19)20-5/h6-8,11,18H,9-10H2,1-5H3. The summed E-state index contributed by atoms with van der Waals surface area (Å²) in [5.41, 5.74) is 0.188. The molecule has 0 radical (unpaired) electrons. The third-order valence-electron chi connectivity index (χ3n) is 3.09. The number of nitrogens with one attached hydrogen (secondary N) is 1. The molecule has 0 atom stereocenters. The van der Waals surface area contributed by atoms with Gasteiger partial charge in [-0.1, -0.05) is 31.5 Å². The predicted octanol–water partition coefficient (Wildman–Crippen LogP) is 3.42. The van der Waals surface area contributed by atoms with Gasteiger partial charge in [0.1, 0.15) is 12.4 Å². The minimum absolute atomic E-state index is 0.231. The molecule has 0 aliphatic carbocycles. The molecule has 21 heavy (non-hydrogen) atoms. The van der Waals surface area contributed by atoms with Crippen LogP contribution < -0.4 is 10.1 Å². The molecule has 1 aromatic rings. The van der Waals surface area contributed by atoms with Gasteiger partial charge in [0.15, 0.2) is 0 Å². The molecule has 0 aromatic heterocycles. The molecule has 0 fully saturated rings. The van der Waals surface area contributed by atoms with E-state index in [4.69, 9.17) is 21.1 Å². The van der Waals surface area contributed by atoms with Crippen molar-refractivity contribution in [1.29, 1.82) is 0 Å². The average Bonchev–Trinajstić information content (AvgIpc) is 2.42. The lowest BCUT2D eigenvalue weighted by molar-refractivity contribution is -0.152. The second-order valence-electron chi connectivity index (χ2n) is 5.92. The van der Waals surface area contributed by atoms with Gasteiger partial charge in [-0.2, -0.15) is 0 Å². The van der Waals surface area contributed by atoms with Crippen LogP contribution in [0.4, 0.5) is 0 Å². The van der Waals surface area contributed by atoms with E-state index in [2.05, 4.69) is 19.2 Å². The van der Waals surface area contributed by atoms with Gasteiger partial charge in [-0.25, -0.2) is 0 Å². The van der Waals surface area contributed by atoms with Gasteiger partial charge in [0.05, 0.1) is 12.5 Å². The van der Waals surface area contributed by atoms with Gasteiger partial charge < -0.3 is 14.8 Å². The number of ether oxygens (including phenoxy) is 2. The number of esters is 1. The highest BCUT2D eigenvalue weighted by molar-refractivity contribution is 6.31. The van der Waals surface area contributed by atoms with Crippen LogP contribution in [0.1, 0.15) is 33.3 Å². The molecule has 1 rings (SSSR count). The molecule has 0 aliphatic rings. The van der Waals surface area contributed by atoms with Crippen molar-refractivity contribution < 1.29 is 14.3 Å². The summed E-state index contributed by atoms with van der Waals surface area (Å²) in [6.45, 7) is 8.56. The van der Waals surface area contributed by atoms with E-state index in [1.165, 1.54) is 7.11 Å². The van der Waals surface area contributed by atoms with E-state index in [1.807, 2.05) is 18.2 Å². The van der Waals surface area contributed by atoms with Crippen molar-refractivity contribution in [3.05, 3.63) is 28.8 Å². The number of benzene rings is 1. The summed E-state index contributed by atoms with van der Waals surface area (Å²) < 4.78 is 10.6. The first kappa shape index (κ1) is 17.8. The lowest BCUT2D eigenvalue weighted by atomic mass is 9.95. The van der Waals surface area contributed by atoms with Gasteiger partial charge in [0, 0.05) is 23.2 Å². The van der Waals surface area contributed by atoms with E-state index in [9.17, 15) is 4.79 Å². The van der Waals surface area contributed by atoms with Gasteiger partial charge in [-0.05, 0) is 26.0 Å². The summed E-state index contributed by atoms with van der Waals surface area (Å²) in [6, 6.07) is 5.87. The summed E-state index contributed by atoms with van der Waals surface area (Å²) >= 11 is 6.24. The smallest absolute Gasteiger partial charge is 0.314 e. The van der Waals surface area contributed by atoms with Crippen LogP contribution in [-0.2, 0) is 16.1 Å². The van der Waals surface area contributed by atoms with Crippen molar-refractivity contribution in [2.75, 3.05) is 13.7 Å². The number of halogens is 1. The summed E-state index contributed by atoms with van der Waals surface area (Å²) in [4.78, 5) is 11.7. The maximum Gasteiger partial charge on any atom is 0.314 e. The zero-order chi connectivity index (χ0) is 16.0. The summed E-state index contributed by atoms with van der Waals surface area (Å²) in [6.07, 6.45) is 0. The molecular formula is C16H24ClNO3. The number of carbonyl (C=O) groups excluding carboxylic acids is 1. The van der Waals surface area contributed by atoms with Crippen molar-refractivity contribution in [3.8, 4) is 5.75 Å². The van der Waals surface area contributed by atoms with Crippen LogP contribution in [0.3, 0.4) is 0 Å². The van der Waals surface area contributed by atoms with Gasteiger partial charge in [-0.3, -0.25) is 4.79 Å². The second-order valence-corrected chi connectivity index (χ2v) is 6.32. The average molecular weight is 314 g/mol. The van der Waals surface area contributed by atoms with Crippen molar-refractivity contribution in [2.45, 2.75) is 40.3 Å². The molecule has 0 aliphatic heterocycles. The molecule has 0 amide bonds. The Labute approximate surface area is 131 Å². The minimum Gasteiger partial charge on any atom is -0.492 e. The predicted molar refractivity (Wildman–Crippen MR) is 84.7 cm³/mol. The third kappa shape index (κ3) is 5.21. The lowest BCUT2D eigenvalue weighted by Crippen LogP contribution is -2.32. The topological polar surface area (TPSA) is 47.6 Å². The highest BCUT2D eigenvalue weighted by Crippen LogP contribution is 2.28. The third-order valence-corrected chi connectivity index (χ3v) is 3.44. The zero-order valence-electron chi connectivity index (χ0n) is 13.3. The van der Waals surface area contributed by atoms with Gasteiger partial charge in [0.2, 0.25) is 0 Å². The molecule has 0 saturated carbocycles. The number of methoxy groups -OCH3 is 1. The Bertz CT molecular complexity index is 486. The number of hydrogen-bond acceptors (Lipinski definition) is 4. The highest BCUT2D eigenvalue weighted by Gasteiger charge is 2.30. The largest absolute Gasteiger partial charge is 0.492 e. The number of carbonyl (C=O) groups is 1. The van der Waals surface area contributed by atoms with E-state index in [0.29, 0.717) is 23.4 Å². The fraction of sp³-hybridized carbons (Fsp3) is 0.562. The van der Waals surface area contributed by atoms with Crippen molar-refractivity contribution in [3.63, 3.8) is 0 Å². The molecule has 0 saturated heterocycles. The van der Waals surface area contributed by atoms with E-state index in [0.717, 1.165) is 5.56 Å². The van der Waals surface area contributed by atoms with E-state index >= 15 is 0 Å². The number of rotatable bonds is 7. The van der Waals surface area contributed by atoms with Gasteiger partial charge in [0.25, 0.3) is 0 Å². The molecular weight excluding hydrogens is 290 g/mol. The first-order valence-electron chi connectivity index (χ1n) is 7.00. The molecule has 0 heterocycles. The van der Waals surface area contributed by atoms with Crippen LogP contribution in [0, 0.1) is 5.41 Å². The Morgan fingerprint density at radius 1 is 1.38 bits per heavy atom. The number of hydrogen-bond donors (Lipinski definition) is 1. The molecule has 5 heteroatoms. The maximum atomic E-state index is 11.7. The first-order chi connectivity index (χ1) is 9.77. The van der Waals surface area contributed by atoms with E-state index in [1.54, 1.807) is 13.8 Å². The highest BCUT2D eigenvalue weighted by atomic mass is 35.5. The van der Waals surface area contributed by atoms with Crippen molar-refractivity contribution in [2.24, 2.45) is 5.41 Å². The Hall–Kier alpha value is -1.26. The van der Waals surface area contributed by atoms with Crippen molar-refractivity contribution >= 4 is 17.6 Å². The van der Waals surface area contributed by atoms with Crippen LogP contribution in [-0.4, -0.2) is 25.7 Å². The Morgan fingerprint density at radius 2 is 2.05 bits per heavy atom.